The third-order valence-corrected chi connectivity index (χ3v) is 9.04. The van der Waals surface area contributed by atoms with Gasteiger partial charge in [-0.15, -0.1) is 0 Å². The number of hydrogen-bond donors (Lipinski definition) is 0. The lowest BCUT2D eigenvalue weighted by molar-refractivity contribution is -0.288. The van der Waals surface area contributed by atoms with E-state index in [-0.39, 0.29) is 35.9 Å². The number of Topliss-reactive ketones (excluding diaryl/α,β-unsaturated/α-hetero) is 1. The Morgan fingerprint density at radius 2 is 1.46 bits per heavy atom. The smallest absolute Gasteiger partial charge is 0.308 e. The molecule has 15 nitrogen and oxygen atoms in total. The van der Waals surface area contributed by atoms with E-state index in [1.54, 1.807) is 0 Å². The number of hydrogen-bond acceptors (Lipinski definition) is 15. The lowest BCUT2D eigenvalue weighted by Crippen LogP contribution is -2.63. The van der Waals surface area contributed by atoms with Crippen molar-refractivity contribution in [2.24, 2.45) is 0 Å². The van der Waals surface area contributed by atoms with Crippen LogP contribution in [0.3, 0.4) is 0 Å². The predicted molar refractivity (Wildman–Crippen MR) is 185 cm³/mol. The van der Waals surface area contributed by atoms with E-state index in [4.69, 9.17) is 42.6 Å². The second-order valence-corrected chi connectivity index (χ2v) is 13.3. The van der Waals surface area contributed by atoms with Gasteiger partial charge in [0.25, 0.3) is 0 Å². The molecule has 0 saturated carbocycles. The number of esters is 5. The minimum Gasteiger partial charge on any atom is -0.463 e. The molecular weight excluding hydrogens is 708 g/mol. The molecule has 2 aromatic carbocycles. The molecule has 2 heterocycles. The van der Waals surface area contributed by atoms with E-state index in [9.17, 15) is 28.8 Å². The number of fused-ring (bicyclic) bond motifs is 1. The highest BCUT2D eigenvalue weighted by Gasteiger charge is 2.53. The molecule has 0 amide bonds. The molecule has 0 radical (unpaired) electrons. The average Bonchev–Trinajstić information content (AvgIpc) is 3.50. The number of aryl methyl sites for hydroxylation is 2. The van der Waals surface area contributed by atoms with Crippen molar-refractivity contribution in [1.82, 2.24) is 0 Å². The van der Waals surface area contributed by atoms with E-state index in [1.165, 1.54) is 30.7 Å². The maximum absolute atomic E-state index is 14.1. The predicted octanol–water partition coefficient (Wildman–Crippen LogP) is 4.42. The number of carbonyl (C=O) groups is 6. The summed E-state index contributed by atoms with van der Waals surface area (Å²) in [6.45, 7) is 5.85. The summed E-state index contributed by atoms with van der Waals surface area (Å²) in [5.74, 6) is -4.47. The molecule has 5 rings (SSSR count). The van der Waals surface area contributed by atoms with Gasteiger partial charge in [0.1, 0.15) is 29.8 Å². The lowest BCUT2D eigenvalue weighted by atomic mass is 9.97. The lowest BCUT2D eigenvalue weighted by Gasteiger charge is -2.44. The van der Waals surface area contributed by atoms with E-state index in [0.717, 1.165) is 70.9 Å². The quantitative estimate of drug-likeness (QED) is 0.114. The van der Waals surface area contributed by atoms with Gasteiger partial charge in [0.05, 0.1) is 6.10 Å². The Hall–Kier alpha value is -4.86. The van der Waals surface area contributed by atoms with E-state index >= 15 is 0 Å². The van der Waals surface area contributed by atoms with Crippen molar-refractivity contribution in [2.75, 3.05) is 13.2 Å². The van der Waals surface area contributed by atoms with Crippen molar-refractivity contribution in [1.29, 1.82) is 0 Å². The molecule has 292 valence electrons. The third-order valence-electron chi connectivity index (χ3n) is 9.04. The van der Waals surface area contributed by atoms with Crippen LogP contribution in [0.5, 0.6) is 11.5 Å². The molecule has 7 atom stereocenters. The van der Waals surface area contributed by atoms with E-state index in [1.807, 2.05) is 12.1 Å². The van der Waals surface area contributed by atoms with Gasteiger partial charge in [0.15, 0.2) is 24.3 Å². The van der Waals surface area contributed by atoms with Crippen molar-refractivity contribution in [3.8, 4) is 11.5 Å². The second kappa shape index (κ2) is 18.5. The Balaban J connectivity index is 1.43. The molecule has 2 aliphatic heterocycles. The van der Waals surface area contributed by atoms with Crippen LogP contribution < -0.4 is 9.47 Å². The zero-order chi connectivity index (χ0) is 38.9. The van der Waals surface area contributed by atoms with Crippen LogP contribution in [0.1, 0.15) is 99.9 Å². The molecule has 2 unspecified atom stereocenters. The van der Waals surface area contributed by atoms with Crippen molar-refractivity contribution in [2.45, 2.75) is 123 Å². The fourth-order valence-electron chi connectivity index (χ4n) is 6.83. The average molecular weight is 755 g/mol. The number of rotatable bonds is 14. The first-order valence-electron chi connectivity index (χ1n) is 18.0. The number of carbonyl (C=O) groups excluding carboxylic acids is 6. The standard InChI is InChI=1S/C39H46O15/c1-21(40)47-20-33-36(49-23(3)42)37(50-24(4)43)38(51-25(5)44)39(54-33)53-32-10-8-9-31(48-22(2)41)35(32)29(45)16-13-26-12-14-27-15-17-30(28(27)19-26)52-34-11-6-7-18-46-34/h8-10,12,14,19,30,33-34,36-39H,6-7,11,13,15-18,20H2,1-5H3/t30?,33-,34?,36-,37+,38-,39-/m1/s1. The first-order chi connectivity index (χ1) is 25.8. The van der Waals surface area contributed by atoms with Gasteiger partial charge >= 0.3 is 29.8 Å². The van der Waals surface area contributed by atoms with E-state index in [0.29, 0.717) is 13.0 Å². The zero-order valence-corrected chi connectivity index (χ0v) is 31.0. The van der Waals surface area contributed by atoms with Gasteiger partial charge in [-0.2, -0.15) is 0 Å². The van der Waals surface area contributed by atoms with E-state index in [2.05, 4.69) is 6.07 Å². The zero-order valence-electron chi connectivity index (χ0n) is 31.0. The van der Waals surface area contributed by atoms with Crippen LogP contribution in [-0.4, -0.2) is 85.8 Å². The summed E-state index contributed by atoms with van der Waals surface area (Å²) in [4.78, 5) is 74.8. The number of benzene rings is 2. The van der Waals surface area contributed by atoms with Crippen LogP contribution in [0, 0.1) is 0 Å². The largest absolute Gasteiger partial charge is 0.463 e. The summed E-state index contributed by atoms with van der Waals surface area (Å²) in [7, 11) is 0. The van der Waals surface area contributed by atoms with Crippen LogP contribution in [0.15, 0.2) is 36.4 Å². The first-order valence-corrected chi connectivity index (χ1v) is 18.0. The van der Waals surface area contributed by atoms with Crippen molar-refractivity contribution in [3.63, 3.8) is 0 Å². The summed E-state index contributed by atoms with van der Waals surface area (Å²) < 4.78 is 51.5. The van der Waals surface area contributed by atoms with Crippen LogP contribution in [0.4, 0.5) is 0 Å². The Morgan fingerprint density at radius 3 is 2.13 bits per heavy atom. The Labute approximate surface area is 312 Å². The highest BCUT2D eigenvalue weighted by molar-refractivity contribution is 6.02. The summed E-state index contributed by atoms with van der Waals surface area (Å²) in [5.41, 5.74) is 3.06. The van der Waals surface area contributed by atoms with Gasteiger partial charge in [-0.1, -0.05) is 24.3 Å². The van der Waals surface area contributed by atoms with Crippen molar-refractivity contribution >= 4 is 35.6 Å². The molecule has 54 heavy (non-hydrogen) atoms. The Kier molecular flexibility index (Phi) is 13.8. The highest BCUT2D eigenvalue weighted by Crippen LogP contribution is 2.38. The molecule has 15 heteroatoms. The molecule has 2 saturated heterocycles. The van der Waals surface area contributed by atoms with Gasteiger partial charge in [-0.3, -0.25) is 28.8 Å². The van der Waals surface area contributed by atoms with Crippen molar-refractivity contribution < 1.29 is 71.4 Å². The highest BCUT2D eigenvalue weighted by atomic mass is 16.7. The number of ketones is 1. The summed E-state index contributed by atoms with van der Waals surface area (Å²) >= 11 is 0. The first kappa shape index (κ1) is 40.3. The third kappa shape index (κ3) is 10.6. The van der Waals surface area contributed by atoms with Crippen LogP contribution in [0.2, 0.25) is 0 Å². The van der Waals surface area contributed by atoms with Crippen LogP contribution >= 0.6 is 0 Å². The molecular formula is C39H46O15. The maximum Gasteiger partial charge on any atom is 0.308 e. The van der Waals surface area contributed by atoms with Crippen molar-refractivity contribution in [3.05, 3.63) is 58.7 Å². The Bertz CT molecular complexity index is 1710. The normalized spacial score (nSPS) is 24.7. The summed E-state index contributed by atoms with van der Waals surface area (Å²) in [6.07, 6.45) is -2.76. The fraction of sp³-hybridized carbons (Fsp3) is 0.538. The molecule has 2 aromatic rings. The fourth-order valence-corrected chi connectivity index (χ4v) is 6.83. The minimum absolute atomic E-state index is 0.0245. The molecule has 0 N–H and O–H groups in total. The van der Waals surface area contributed by atoms with E-state index < -0.39 is 72.9 Å². The van der Waals surface area contributed by atoms with Gasteiger partial charge in [0.2, 0.25) is 12.4 Å². The van der Waals surface area contributed by atoms with Crippen LogP contribution in [0.25, 0.3) is 0 Å². The topological polar surface area (TPSA) is 185 Å². The SMILES string of the molecule is CC(=O)OC[C@H]1O[C@@H](Oc2cccc(OC(C)=O)c2C(=O)CCc2ccc3c(c2)C(OC2CCCCO2)CC3)[C@H](OC(C)=O)[C@@H](OC(C)=O)[C@@H]1OC(C)=O. The molecule has 0 bridgehead atoms. The van der Waals surface area contributed by atoms with Crippen LogP contribution in [-0.2, 0) is 70.0 Å². The van der Waals surface area contributed by atoms with Gasteiger partial charge < -0.3 is 42.6 Å². The summed E-state index contributed by atoms with van der Waals surface area (Å²) in [5, 5.41) is 0. The summed E-state index contributed by atoms with van der Waals surface area (Å²) in [6, 6.07) is 10.4. The second-order valence-electron chi connectivity index (χ2n) is 13.3. The number of ether oxygens (including phenoxy) is 9. The molecule has 2 fully saturated rings. The molecule has 1 aliphatic carbocycles. The molecule has 0 spiro atoms. The maximum atomic E-state index is 14.1. The monoisotopic (exact) mass is 754 g/mol. The van der Waals surface area contributed by atoms with Gasteiger partial charge in [-0.05, 0) is 67.3 Å². The minimum atomic E-state index is -1.62. The van der Waals surface area contributed by atoms with Gasteiger partial charge in [0, 0.05) is 47.6 Å². The molecule has 0 aromatic heterocycles. The molecule has 3 aliphatic rings. The Morgan fingerprint density at radius 1 is 0.759 bits per heavy atom. The van der Waals surface area contributed by atoms with Gasteiger partial charge in [-0.25, -0.2) is 0 Å².